The molecule has 0 aliphatic carbocycles. The molecule has 2 aromatic rings. The normalized spacial score (nSPS) is 19.8. The first-order valence-corrected chi connectivity index (χ1v) is 7.75. The van der Waals surface area contributed by atoms with Gasteiger partial charge in [-0.15, -0.1) is 0 Å². The minimum Gasteiger partial charge on any atom is -0.439 e. The van der Waals surface area contributed by atoms with Crippen LogP contribution in [0.4, 0.5) is 0 Å². The first-order valence-electron chi connectivity index (χ1n) is 7.37. The minimum atomic E-state index is 0.601. The molecule has 1 atom stereocenters. The summed E-state index contributed by atoms with van der Waals surface area (Å²) < 4.78 is 5.85. The highest BCUT2D eigenvalue weighted by Gasteiger charge is 2.20. The zero-order valence-corrected chi connectivity index (χ0v) is 12.7. The Hall–Kier alpha value is -1.36. The molecule has 1 aliphatic rings. The van der Waals surface area contributed by atoms with Crippen molar-refractivity contribution in [2.45, 2.75) is 19.4 Å². The molecule has 0 spiro atoms. The molecule has 2 heterocycles. The maximum atomic E-state index is 5.90. The predicted molar refractivity (Wildman–Crippen MR) is 84.0 cm³/mol. The molecule has 2 N–H and O–H groups in total. The molecule has 0 amide bonds. The van der Waals surface area contributed by atoms with Gasteiger partial charge in [0.15, 0.2) is 5.76 Å². The van der Waals surface area contributed by atoms with E-state index in [4.69, 9.17) is 21.8 Å². The average Bonchev–Trinajstić information content (AvgIpc) is 2.96. The molecule has 3 rings (SSSR count). The molecule has 1 fully saturated rings. The van der Waals surface area contributed by atoms with Crippen LogP contribution in [0, 0.1) is 5.92 Å². The fourth-order valence-corrected chi connectivity index (χ4v) is 2.94. The number of oxazole rings is 1. The highest BCUT2D eigenvalue weighted by molar-refractivity contribution is 6.30. The molecule has 0 saturated carbocycles. The maximum absolute atomic E-state index is 5.90. The number of hydrogen-bond donors (Lipinski definition) is 1. The Morgan fingerprint density at radius 2 is 2.14 bits per heavy atom. The number of rotatable bonds is 4. The monoisotopic (exact) mass is 305 g/mol. The van der Waals surface area contributed by atoms with Gasteiger partial charge in [0.2, 0.25) is 5.89 Å². The smallest absolute Gasteiger partial charge is 0.209 e. The van der Waals surface area contributed by atoms with Crippen LogP contribution in [-0.4, -0.2) is 29.5 Å². The van der Waals surface area contributed by atoms with Crippen LogP contribution >= 0.6 is 11.6 Å². The third-order valence-corrected chi connectivity index (χ3v) is 4.23. The molecule has 21 heavy (non-hydrogen) atoms. The Balaban J connectivity index is 1.66. The Morgan fingerprint density at radius 3 is 2.90 bits per heavy atom. The van der Waals surface area contributed by atoms with E-state index in [1.165, 1.54) is 12.8 Å². The first kappa shape index (κ1) is 14.6. The van der Waals surface area contributed by atoms with E-state index in [0.29, 0.717) is 5.92 Å². The lowest BCUT2D eigenvalue weighted by molar-refractivity contribution is 0.158. The van der Waals surface area contributed by atoms with Gasteiger partial charge in [-0.3, -0.25) is 4.90 Å². The predicted octanol–water partition coefficient (Wildman–Crippen LogP) is 3.17. The molecule has 5 heteroatoms. The Kier molecular flexibility index (Phi) is 4.58. The van der Waals surface area contributed by atoms with E-state index in [1.807, 2.05) is 24.3 Å². The van der Waals surface area contributed by atoms with Crippen molar-refractivity contribution >= 4 is 11.6 Å². The minimum absolute atomic E-state index is 0.601. The van der Waals surface area contributed by atoms with Gasteiger partial charge in [0.25, 0.3) is 0 Å². The van der Waals surface area contributed by atoms with E-state index < -0.39 is 0 Å². The fraction of sp³-hybridized carbons (Fsp3) is 0.438. The van der Waals surface area contributed by atoms with Gasteiger partial charge in [0.05, 0.1) is 12.7 Å². The summed E-state index contributed by atoms with van der Waals surface area (Å²) in [5.41, 5.74) is 6.77. The van der Waals surface area contributed by atoms with Gasteiger partial charge < -0.3 is 10.2 Å². The van der Waals surface area contributed by atoms with Crippen LogP contribution in [0.5, 0.6) is 0 Å². The fourth-order valence-electron chi connectivity index (χ4n) is 2.81. The Labute approximate surface area is 129 Å². The third kappa shape index (κ3) is 3.64. The third-order valence-electron chi connectivity index (χ3n) is 3.98. The summed E-state index contributed by atoms with van der Waals surface area (Å²) in [5, 5.41) is 0.722. The number of hydrogen-bond acceptors (Lipinski definition) is 4. The molecule has 0 bridgehead atoms. The topological polar surface area (TPSA) is 55.3 Å². The Morgan fingerprint density at radius 1 is 1.33 bits per heavy atom. The zero-order valence-electron chi connectivity index (χ0n) is 12.0. The molecule has 1 aromatic heterocycles. The second-order valence-electron chi connectivity index (χ2n) is 5.60. The molecule has 0 radical (unpaired) electrons. The zero-order chi connectivity index (χ0) is 14.7. The van der Waals surface area contributed by atoms with Crippen molar-refractivity contribution in [3.05, 3.63) is 41.4 Å². The van der Waals surface area contributed by atoms with Crippen LogP contribution in [0.1, 0.15) is 18.7 Å². The van der Waals surface area contributed by atoms with Gasteiger partial charge in [-0.25, -0.2) is 4.98 Å². The van der Waals surface area contributed by atoms with Gasteiger partial charge in [-0.05, 0) is 56.1 Å². The van der Waals surface area contributed by atoms with E-state index in [1.54, 1.807) is 6.20 Å². The van der Waals surface area contributed by atoms with Gasteiger partial charge in [-0.1, -0.05) is 11.6 Å². The lowest BCUT2D eigenvalue weighted by Crippen LogP contribution is -2.37. The lowest BCUT2D eigenvalue weighted by Gasteiger charge is -2.30. The molecule has 1 saturated heterocycles. The molecular formula is C16H20ClN3O. The summed E-state index contributed by atoms with van der Waals surface area (Å²) in [7, 11) is 0. The molecular weight excluding hydrogens is 286 g/mol. The van der Waals surface area contributed by atoms with Crippen LogP contribution in [0.25, 0.3) is 11.3 Å². The highest BCUT2D eigenvalue weighted by Crippen LogP contribution is 2.24. The van der Waals surface area contributed by atoms with E-state index in [-0.39, 0.29) is 0 Å². The van der Waals surface area contributed by atoms with E-state index in [2.05, 4.69) is 9.88 Å². The second kappa shape index (κ2) is 6.60. The van der Waals surface area contributed by atoms with Crippen LogP contribution in [0.2, 0.25) is 5.02 Å². The van der Waals surface area contributed by atoms with Crippen LogP contribution in [-0.2, 0) is 6.54 Å². The van der Waals surface area contributed by atoms with Crippen molar-refractivity contribution in [2.75, 3.05) is 19.6 Å². The first-order chi connectivity index (χ1) is 10.2. The standard InChI is InChI=1S/C16H20ClN3O/c17-14-5-3-13(4-6-14)15-9-19-16(21-15)11-20-7-1-2-12(8-18)10-20/h3-6,9,12H,1-2,7-8,10-11,18H2. The summed E-state index contributed by atoms with van der Waals surface area (Å²) in [4.78, 5) is 6.76. The summed E-state index contributed by atoms with van der Waals surface area (Å²) in [6.45, 7) is 3.65. The van der Waals surface area contributed by atoms with Gasteiger partial charge in [0, 0.05) is 17.1 Å². The molecule has 1 unspecified atom stereocenters. The van der Waals surface area contributed by atoms with Crippen LogP contribution in [0.15, 0.2) is 34.9 Å². The quantitative estimate of drug-likeness (QED) is 0.942. The van der Waals surface area contributed by atoms with Crippen molar-refractivity contribution in [2.24, 2.45) is 11.7 Å². The largest absolute Gasteiger partial charge is 0.439 e. The van der Waals surface area contributed by atoms with Gasteiger partial charge >= 0.3 is 0 Å². The summed E-state index contributed by atoms with van der Waals surface area (Å²) >= 11 is 5.90. The number of halogens is 1. The Bertz CT molecular complexity index is 581. The summed E-state index contributed by atoms with van der Waals surface area (Å²) in [6.07, 6.45) is 4.21. The maximum Gasteiger partial charge on any atom is 0.209 e. The molecule has 112 valence electrons. The van der Waals surface area contributed by atoms with E-state index >= 15 is 0 Å². The van der Waals surface area contributed by atoms with Crippen LogP contribution < -0.4 is 5.73 Å². The summed E-state index contributed by atoms with van der Waals surface area (Å²) in [6, 6.07) is 7.60. The SMILES string of the molecule is NCC1CCCN(Cc2ncc(-c3ccc(Cl)cc3)o2)C1. The van der Waals surface area contributed by atoms with Crippen molar-refractivity contribution in [1.82, 2.24) is 9.88 Å². The van der Waals surface area contributed by atoms with Crippen LogP contribution in [0.3, 0.4) is 0 Å². The number of nitrogens with two attached hydrogens (primary N) is 1. The molecule has 4 nitrogen and oxygen atoms in total. The number of benzene rings is 1. The van der Waals surface area contributed by atoms with Crippen molar-refractivity contribution in [3.8, 4) is 11.3 Å². The van der Waals surface area contributed by atoms with Crippen molar-refractivity contribution < 1.29 is 4.42 Å². The molecule has 1 aliphatic heterocycles. The lowest BCUT2D eigenvalue weighted by atomic mass is 9.98. The average molecular weight is 306 g/mol. The number of piperidine rings is 1. The van der Waals surface area contributed by atoms with Crippen molar-refractivity contribution in [1.29, 1.82) is 0 Å². The van der Waals surface area contributed by atoms with E-state index in [0.717, 1.165) is 48.4 Å². The highest BCUT2D eigenvalue weighted by atomic mass is 35.5. The summed E-state index contributed by atoms with van der Waals surface area (Å²) in [5.74, 6) is 2.15. The molecule has 1 aromatic carbocycles. The van der Waals surface area contributed by atoms with Crippen molar-refractivity contribution in [3.63, 3.8) is 0 Å². The second-order valence-corrected chi connectivity index (χ2v) is 6.04. The number of aromatic nitrogens is 1. The van der Waals surface area contributed by atoms with Gasteiger partial charge in [0.1, 0.15) is 0 Å². The number of nitrogens with zero attached hydrogens (tertiary/aromatic N) is 2. The van der Waals surface area contributed by atoms with E-state index in [9.17, 15) is 0 Å². The van der Waals surface area contributed by atoms with Gasteiger partial charge in [-0.2, -0.15) is 0 Å². The number of likely N-dealkylation sites (tertiary alicyclic amines) is 1.